The van der Waals surface area contributed by atoms with E-state index in [1.54, 1.807) is 26.8 Å². The SMILES string of the molecule is CC(C)C.COCOC(=O)C(C)(C)C.NC=NC(=NC=O)c1ccc(C2CCC(COC(=O)CN)O2)[nH]1. The van der Waals surface area contributed by atoms with Gasteiger partial charge in [-0.25, -0.2) is 4.99 Å². The quantitative estimate of drug-likeness (QED) is 0.151. The highest BCUT2D eigenvalue weighted by Crippen LogP contribution is 2.32. The highest BCUT2D eigenvalue weighted by molar-refractivity contribution is 6.04. The summed E-state index contributed by atoms with van der Waals surface area (Å²) in [6.45, 7) is 12.0. The molecular weight excluding hydrogens is 482 g/mol. The molecule has 2 atom stereocenters. The number of hydrogen-bond donors (Lipinski definition) is 3. The average molecular weight is 526 g/mol. The second-order valence-corrected chi connectivity index (χ2v) is 9.70. The number of aromatic amines is 1. The number of H-pyrrole nitrogens is 1. The zero-order chi connectivity index (χ0) is 28.4. The minimum absolute atomic E-state index is 0.0378. The van der Waals surface area contributed by atoms with Crippen molar-refractivity contribution >= 4 is 30.5 Å². The van der Waals surface area contributed by atoms with Crippen LogP contribution in [0.3, 0.4) is 0 Å². The third kappa shape index (κ3) is 14.9. The van der Waals surface area contributed by atoms with Crippen molar-refractivity contribution in [2.75, 3.05) is 27.1 Å². The molecule has 0 bridgehead atoms. The van der Waals surface area contributed by atoms with Crippen LogP contribution in [0.15, 0.2) is 22.1 Å². The summed E-state index contributed by atoms with van der Waals surface area (Å²) in [5.41, 5.74) is 11.4. The number of amidine groups is 1. The van der Waals surface area contributed by atoms with Crippen LogP contribution in [0.1, 0.15) is 71.9 Å². The van der Waals surface area contributed by atoms with E-state index in [2.05, 4.69) is 40.5 Å². The van der Waals surface area contributed by atoms with Crippen LogP contribution in [0.25, 0.3) is 0 Å². The van der Waals surface area contributed by atoms with E-state index >= 15 is 0 Å². The van der Waals surface area contributed by atoms with Gasteiger partial charge >= 0.3 is 11.9 Å². The van der Waals surface area contributed by atoms with Crippen molar-refractivity contribution in [2.45, 2.75) is 66.6 Å². The Kier molecular flexibility index (Phi) is 16.7. The maximum atomic E-state index is 11.0. The Bertz CT molecular complexity index is 872. The van der Waals surface area contributed by atoms with Crippen molar-refractivity contribution in [3.8, 4) is 0 Å². The number of nitrogens with two attached hydrogens (primary N) is 2. The first-order valence-corrected chi connectivity index (χ1v) is 12.0. The second-order valence-electron chi connectivity index (χ2n) is 9.70. The van der Waals surface area contributed by atoms with Crippen LogP contribution in [0, 0.1) is 11.3 Å². The largest absolute Gasteiger partial charge is 0.462 e. The monoisotopic (exact) mass is 525 g/mol. The first-order valence-electron chi connectivity index (χ1n) is 12.0. The molecule has 0 radical (unpaired) electrons. The van der Waals surface area contributed by atoms with Crippen molar-refractivity contribution in [2.24, 2.45) is 32.8 Å². The molecule has 37 heavy (non-hydrogen) atoms. The molecule has 12 heteroatoms. The second kappa shape index (κ2) is 18.2. The highest BCUT2D eigenvalue weighted by atomic mass is 16.7. The standard InChI is InChI=1S/C14H19N5O4.C7H14O3.C4H10/c15-5-13(21)22-6-9-1-4-12(23-9)10-2-3-11(19-10)14(17-7-16)18-8-20;1-7(2,3)6(8)10-5-9-4;1-4(2)3/h2-3,7-9,12,19H,1,4-6,15H2,(H2,16,17,18,20);5H2,1-4H3;4H,1-3H3. The van der Waals surface area contributed by atoms with E-state index in [4.69, 9.17) is 25.7 Å². The van der Waals surface area contributed by atoms with Gasteiger partial charge in [0.05, 0.1) is 36.2 Å². The van der Waals surface area contributed by atoms with Crippen LogP contribution < -0.4 is 11.5 Å². The third-order valence-corrected chi connectivity index (χ3v) is 4.29. The van der Waals surface area contributed by atoms with Gasteiger partial charge in [0.15, 0.2) is 12.6 Å². The van der Waals surface area contributed by atoms with Gasteiger partial charge in [-0.15, -0.1) is 0 Å². The molecule has 0 spiro atoms. The van der Waals surface area contributed by atoms with Gasteiger partial charge in [0.2, 0.25) is 6.41 Å². The van der Waals surface area contributed by atoms with Crippen LogP contribution >= 0.6 is 0 Å². The summed E-state index contributed by atoms with van der Waals surface area (Å²) < 4.78 is 20.1. The first-order chi connectivity index (χ1) is 17.4. The molecule has 5 N–H and O–H groups in total. The molecule has 0 saturated carbocycles. The van der Waals surface area contributed by atoms with Gasteiger partial charge in [0.1, 0.15) is 6.61 Å². The number of rotatable bonds is 8. The smallest absolute Gasteiger partial charge is 0.319 e. The Morgan fingerprint density at radius 3 is 2.38 bits per heavy atom. The molecule has 1 amide bonds. The number of hydrogen-bond acceptors (Lipinski definition) is 8. The molecule has 210 valence electrons. The number of methoxy groups -OCH3 is 1. The lowest BCUT2D eigenvalue weighted by atomic mass is 9.98. The Morgan fingerprint density at radius 1 is 1.22 bits per heavy atom. The van der Waals surface area contributed by atoms with Gasteiger partial charge in [0, 0.05) is 12.8 Å². The summed E-state index contributed by atoms with van der Waals surface area (Å²) in [6.07, 6.45) is 2.71. The number of nitrogens with zero attached hydrogens (tertiary/aromatic N) is 2. The summed E-state index contributed by atoms with van der Waals surface area (Å²) in [4.78, 5) is 43.0. The zero-order valence-electron chi connectivity index (χ0n) is 23.0. The predicted molar refractivity (Wildman–Crippen MR) is 141 cm³/mol. The van der Waals surface area contributed by atoms with Crippen LogP contribution in [0.5, 0.6) is 0 Å². The van der Waals surface area contributed by atoms with Crippen LogP contribution in [-0.4, -0.2) is 68.7 Å². The molecule has 2 heterocycles. The van der Waals surface area contributed by atoms with E-state index in [0.29, 0.717) is 12.1 Å². The predicted octanol–water partition coefficient (Wildman–Crippen LogP) is 2.47. The Hall–Kier alpha value is -3.09. The van der Waals surface area contributed by atoms with Gasteiger partial charge in [0.25, 0.3) is 0 Å². The third-order valence-electron chi connectivity index (χ3n) is 4.29. The van der Waals surface area contributed by atoms with Gasteiger partial charge in [-0.05, 0) is 51.7 Å². The zero-order valence-corrected chi connectivity index (χ0v) is 23.0. The molecule has 2 unspecified atom stereocenters. The van der Waals surface area contributed by atoms with Crippen molar-refractivity contribution in [3.05, 3.63) is 23.5 Å². The van der Waals surface area contributed by atoms with E-state index in [1.807, 2.05) is 6.07 Å². The van der Waals surface area contributed by atoms with Crippen LogP contribution in [0.2, 0.25) is 0 Å². The van der Waals surface area contributed by atoms with E-state index < -0.39 is 11.4 Å². The molecule has 1 aliphatic rings. The average Bonchev–Trinajstić information content (AvgIpc) is 3.50. The lowest BCUT2D eigenvalue weighted by molar-refractivity contribution is -0.163. The molecule has 2 rings (SSSR count). The number of nitrogens with one attached hydrogen (secondary N) is 1. The highest BCUT2D eigenvalue weighted by Gasteiger charge is 2.28. The fourth-order valence-electron chi connectivity index (χ4n) is 2.65. The maximum absolute atomic E-state index is 11.0. The van der Waals surface area contributed by atoms with E-state index in [-0.39, 0.29) is 44.0 Å². The molecule has 1 fully saturated rings. The van der Waals surface area contributed by atoms with Gasteiger partial charge < -0.3 is 35.4 Å². The molecule has 1 aromatic heterocycles. The van der Waals surface area contributed by atoms with Crippen molar-refractivity contribution in [1.82, 2.24) is 4.98 Å². The number of aliphatic imine (C=N–C) groups is 2. The number of esters is 2. The molecule has 1 aromatic rings. The molecular formula is C25H43N5O7. The number of amides is 1. The van der Waals surface area contributed by atoms with Crippen molar-refractivity contribution in [3.63, 3.8) is 0 Å². The maximum Gasteiger partial charge on any atom is 0.319 e. The first kappa shape index (κ1) is 33.9. The molecule has 0 aromatic carbocycles. The lowest BCUT2D eigenvalue weighted by Gasteiger charge is -2.15. The van der Waals surface area contributed by atoms with E-state index in [9.17, 15) is 14.4 Å². The Morgan fingerprint density at radius 2 is 1.86 bits per heavy atom. The molecule has 1 aliphatic heterocycles. The molecule has 12 nitrogen and oxygen atoms in total. The number of aromatic nitrogens is 1. The Balaban J connectivity index is 0.000000770. The Labute approximate surface area is 219 Å². The molecule has 0 aliphatic carbocycles. The molecule has 1 saturated heterocycles. The fraction of sp³-hybridized carbons (Fsp3) is 0.640. The summed E-state index contributed by atoms with van der Waals surface area (Å²) in [7, 11) is 1.48. The van der Waals surface area contributed by atoms with Crippen LogP contribution in [0.4, 0.5) is 0 Å². The van der Waals surface area contributed by atoms with Gasteiger partial charge in [-0.1, -0.05) is 20.8 Å². The minimum atomic E-state index is -0.450. The number of ether oxygens (including phenoxy) is 4. The van der Waals surface area contributed by atoms with E-state index in [1.165, 1.54) is 7.11 Å². The summed E-state index contributed by atoms with van der Waals surface area (Å²) in [5, 5.41) is 0. The minimum Gasteiger partial charge on any atom is -0.462 e. The summed E-state index contributed by atoms with van der Waals surface area (Å²) in [6, 6.07) is 3.58. The van der Waals surface area contributed by atoms with Gasteiger partial charge in [-0.3, -0.25) is 14.4 Å². The van der Waals surface area contributed by atoms with Gasteiger partial charge in [-0.2, -0.15) is 4.99 Å². The van der Waals surface area contributed by atoms with Crippen molar-refractivity contribution in [1.29, 1.82) is 0 Å². The topological polar surface area (TPSA) is 181 Å². The summed E-state index contributed by atoms with van der Waals surface area (Å²) in [5.74, 6) is 0.336. The van der Waals surface area contributed by atoms with E-state index in [0.717, 1.165) is 30.8 Å². The number of carbonyl (C=O) groups excluding carboxylic acids is 3. The summed E-state index contributed by atoms with van der Waals surface area (Å²) >= 11 is 0. The fourth-order valence-corrected chi connectivity index (χ4v) is 2.65. The normalized spacial score (nSPS) is 17.5. The van der Waals surface area contributed by atoms with Crippen LogP contribution in [-0.2, 0) is 33.3 Å². The van der Waals surface area contributed by atoms with Crippen molar-refractivity contribution < 1.29 is 33.3 Å². The number of carbonyl (C=O) groups is 3. The lowest BCUT2D eigenvalue weighted by Crippen LogP contribution is -2.23.